The van der Waals surface area contributed by atoms with Crippen molar-refractivity contribution in [2.45, 2.75) is 13.0 Å². The number of amides is 1. The minimum absolute atomic E-state index is 0.127. The molecule has 3 aromatic carbocycles. The number of fused-ring (bicyclic) bond motifs is 1. The van der Waals surface area contributed by atoms with Crippen LogP contribution in [0.2, 0.25) is 0 Å². The van der Waals surface area contributed by atoms with Gasteiger partial charge in [-0.15, -0.1) is 5.10 Å². The maximum absolute atomic E-state index is 12.7. The summed E-state index contributed by atoms with van der Waals surface area (Å²) in [6.45, 7) is 0.618. The molecule has 0 unspecified atom stereocenters. The van der Waals surface area contributed by atoms with Crippen molar-refractivity contribution in [3.05, 3.63) is 90.1 Å². The summed E-state index contributed by atoms with van der Waals surface area (Å²) in [5, 5.41) is 11.6. The van der Waals surface area contributed by atoms with Gasteiger partial charge in [0.15, 0.2) is 11.5 Å². The lowest BCUT2D eigenvalue weighted by Crippen LogP contribution is -2.25. The van der Waals surface area contributed by atoms with Gasteiger partial charge in [0.2, 0.25) is 12.7 Å². The molecule has 0 atom stereocenters. The monoisotopic (exact) mass is 412 g/mol. The van der Waals surface area contributed by atoms with Gasteiger partial charge < -0.3 is 14.8 Å². The Balaban J connectivity index is 1.36. The zero-order valence-corrected chi connectivity index (χ0v) is 16.7. The first-order valence-corrected chi connectivity index (χ1v) is 9.98. The largest absolute Gasteiger partial charge is 0.454 e. The van der Waals surface area contributed by atoms with Crippen LogP contribution in [0.1, 0.15) is 11.3 Å². The molecular weight excluding hydrogens is 392 g/mol. The fraction of sp³-hybridized carbons (Fsp3) is 0.125. The first kappa shape index (κ1) is 18.9. The van der Waals surface area contributed by atoms with E-state index in [1.807, 2.05) is 78.9 Å². The number of nitrogens with one attached hydrogen (secondary N) is 1. The third-order valence-corrected chi connectivity index (χ3v) is 5.04. The predicted octanol–water partition coefficient (Wildman–Crippen LogP) is 3.52. The summed E-state index contributed by atoms with van der Waals surface area (Å²) in [4.78, 5) is 12.7. The van der Waals surface area contributed by atoms with Crippen LogP contribution in [0.3, 0.4) is 0 Å². The lowest BCUT2D eigenvalue weighted by Gasteiger charge is -2.09. The highest BCUT2D eigenvalue weighted by atomic mass is 16.7. The summed E-state index contributed by atoms with van der Waals surface area (Å²) >= 11 is 0. The SMILES string of the molecule is O=C(Cc1nnn(-c2ccccc2)c1-c1ccccc1)NCc1ccc2c(c1)OCO2. The number of nitrogens with zero attached hydrogens (tertiary/aromatic N) is 3. The molecule has 1 aliphatic heterocycles. The van der Waals surface area contributed by atoms with E-state index in [9.17, 15) is 4.79 Å². The third kappa shape index (κ3) is 3.98. The molecule has 2 heterocycles. The molecule has 0 bridgehead atoms. The Morgan fingerprint density at radius 2 is 1.68 bits per heavy atom. The molecule has 0 fully saturated rings. The molecule has 0 saturated carbocycles. The van der Waals surface area contributed by atoms with E-state index in [-0.39, 0.29) is 19.1 Å². The summed E-state index contributed by atoms with van der Waals surface area (Å²) in [6.07, 6.45) is 0.127. The number of aromatic nitrogens is 3. The minimum Gasteiger partial charge on any atom is -0.454 e. The van der Waals surface area contributed by atoms with Crippen LogP contribution in [0.4, 0.5) is 0 Å². The van der Waals surface area contributed by atoms with Gasteiger partial charge in [-0.25, -0.2) is 4.68 Å². The van der Waals surface area contributed by atoms with E-state index in [0.29, 0.717) is 18.0 Å². The molecule has 0 saturated heterocycles. The van der Waals surface area contributed by atoms with Gasteiger partial charge in [0.05, 0.1) is 17.8 Å². The second-order valence-electron chi connectivity index (χ2n) is 7.14. The molecule has 7 nitrogen and oxygen atoms in total. The quantitative estimate of drug-likeness (QED) is 0.524. The van der Waals surface area contributed by atoms with Crippen LogP contribution < -0.4 is 14.8 Å². The molecule has 1 aliphatic rings. The summed E-state index contributed by atoms with van der Waals surface area (Å²) in [5.74, 6) is 1.29. The van der Waals surface area contributed by atoms with Gasteiger partial charge in [-0.2, -0.15) is 0 Å². The summed E-state index contributed by atoms with van der Waals surface area (Å²) in [7, 11) is 0. The zero-order chi connectivity index (χ0) is 21.0. The standard InChI is InChI=1S/C24H20N4O3/c29-23(25-15-17-11-12-21-22(13-17)31-16-30-21)14-20-24(18-7-3-1-4-8-18)28(27-26-20)19-9-5-2-6-10-19/h1-13H,14-16H2,(H,25,29). The Hall–Kier alpha value is -4.13. The van der Waals surface area contributed by atoms with Crippen molar-refractivity contribution in [3.63, 3.8) is 0 Å². The van der Waals surface area contributed by atoms with Crippen molar-refractivity contribution >= 4 is 5.91 Å². The van der Waals surface area contributed by atoms with Crippen LogP contribution in [0.25, 0.3) is 16.9 Å². The molecule has 7 heteroatoms. The second-order valence-corrected chi connectivity index (χ2v) is 7.14. The van der Waals surface area contributed by atoms with Gasteiger partial charge >= 0.3 is 0 Å². The Labute approximate surface area is 179 Å². The molecule has 154 valence electrons. The number of carbonyl (C=O) groups is 1. The van der Waals surface area contributed by atoms with E-state index in [2.05, 4.69) is 15.6 Å². The van der Waals surface area contributed by atoms with Crippen LogP contribution >= 0.6 is 0 Å². The molecule has 0 radical (unpaired) electrons. The fourth-order valence-electron chi connectivity index (χ4n) is 3.53. The van der Waals surface area contributed by atoms with Crippen molar-refractivity contribution < 1.29 is 14.3 Å². The van der Waals surface area contributed by atoms with Gasteiger partial charge in [0.25, 0.3) is 0 Å². The van der Waals surface area contributed by atoms with Crippen molar-refractivity contribution in [2.24, 2.45) is 0 Å². The number of benzene rings is 3. The highest BCUT2D eigenvalue weighted by molar-refractivity contribution is 5.80. The topological polar surface area (TPSA) is 78.3 Å². The van der Waals surface area contributed by atoms with Crippen LogP contribution in [0, 0.1) is 0 Å². The van der Waals surface area contributed by atoms with E-state index in [0.717, 1.165) is 28.3 Å². The Bertz CT molecular complexity index is 1210. The third-order valence-electron chi connectivity index (χ3n) is 5.04. The average Bonchev–Trinajstić information content (AvgIpc) is 3.45. The van der Waals surface area contributed by atoms with Gasteiger partial charge in [-0.1, -0.05) is 59.8 Å². The summed E-state index contributed by atoms with van der Waals surface area (Å²) < 4.78 is 12.5. The highest BCUT2D eigenvalue weighted by Gasteiger charge is 2.19. The van der Waals surface area contributed by atoms with E-state index >= 15 is 0 Å². The molecule has 1 aromatic heterocycles. The van der Waals surface area contributed by atoms with Crippen LogP contribution in [-0.2, 0) is 17.8 Å². The first-order chi connectivity index (χ1) is 15.3. The van der Waals surface area contributed by atoms with Gasteiger partial charge in [0.1, 0.15) is 5.69 Å². The van der Waals surface area contributed by atoms with Crippen molar-refractivity contribution in [2.75, 3.05) is 6.79 Å². The van der Waals surface area contributed by atoms with Crippen molar-refractivity contribution in [3.8, 4) is 28.4 Å². The number of hydrogen-bond acceptors (Lipinski definition) is 5. The normalized spacial score (nSPS) is 12.0. The van der Waals surface area contributed by atoms with Crippen LogP contribution in [0.5, 0.6) is 11.5 Å². The number of rotatable bonds is 6. The number of ether oxygens (including phenoxy) is 2. The Kier molecular flexibility index (Phi) is 5.06. The lowest BCUT2D eigenvalue weighted by atomic mass is 10.1. The second kappa shape index (κ2) is 8.31. The number of carbonyl (C=O) groups excluding carboxylic acids is 1. The molecule has 0 aliphatic carbocycles. The van der Waals surface area contributed by atoms with E-state index in [4.69, 9.17) is 9.47 Å². The van der Waals surface area contributed by atoms with Gasteiger partial charge in [-0.05, 0) is 29.8 Å². The molecule has 5 rings (SSSR count). The Morgan fingerprint density at radius 3 is 2.48 bits per heavy atom. The van der Waals surface area contributed by atoms with E-state index < -0.39 is 0 Å². The number of hydrogen-bond donors (Lipinski definition) is 1. The van der Waals surface area contributed by atoms with Gasteiger partial charge in [-0.3, -0.25) is 4.79 Å². The van der Waals surface area contributed by atoms with Crippen molar-refractivity contribution in [1.29, 1.82) is 0 Å². The van der Waals surface area contributed by atoms with E-state index in [1.165, 1.54) is 0 Å². The lowest BCUT2D eigenvalue weighted by molar-refractivity contribution is -0.120. The highest BCUT2D eigenvalue weighted by Crippen LogP contribution is 2.32. The molecule has 0 spiro atoms. The Morgan fingerprint density at radius 1 is 0.935 bits per heavy atom. The zero-order valence-electron chi connectivity index (χ0n) is 16.7. The predicted molar refractivity (Wildman–Crippen MR) is 115 cm³/mol. The summed E-state index contributed by atoms with van der Waals surface area (Å²) in [6, 6.07) is 25.3. The van der Waals surface area contributed by atoms with Crippen LogP contribution in [-0.4, -0.2) is 27.7 Å². The average molecular weight is 412 g/mol. The smallest absolute Gasteiger partial charge is 0.231 e. The van der Waals surface area contributed by atoms with E-state index in [1.54, 1.807) is 4.68 Å². The molecule has 1 N–H and O–H groups in total. The molecule has 4 aromatic rings. The molecular formula is C24H20N4O3. The van der Waals surface area contributed by atoms with Crippen LogP contribution in [0.15, 0.2) is 78.9 Å². The maximum atomic E-state index is 12.7. The minimum atomic E-state index is -0.130. The molecule has 1 amide bonds. The van der Waals surface area contributed by atoms with Gasteiger partial charge in [0, 0.05) is 12.1 Å². The fourth-order valence-corrected chi connectivity index (χ4v) is 3.53. The molecule has 31 heavy (non-hydrogen) atoms. The number of para-hydroxylation sites is 1. The van der Waals surface area contributed by atoms with Crippen molar-refractivity contribution in [1.82, 2.24) is 20.3 Å². The maximum Gasteiger partial charge on any atom is 0.231 e. The first-order valence-electron chi connectivity index (χ1n) is 9.98. The summed E-state index contributed by atoms with van der Waals surface area (Å²) in [5.41, 5.74) is 4.22.